The van der Waals surface area contributed by atoms with Crippen molar-refractivity contribution in [3.05, 3.63) is 23.2 Å². The molecular weight excluding hydrogens is 234 g/mol. The van der Waals surface area contributed by atoms with Crippen LogP contribution >= 0.6 is 11.6 Å². The third-order valence-corrected chi connectivity index (χ3v) is 3.30. The second-order valence-corrected chi connectivity index (χ2v) is 4.70. The fraction of sp³-hybridized carbons (Fsp3) is 0.462. The molecule has 92 valence electrons. The summed E-state index contributed by atoms with van der Waals surface area (Å²) in [6.45, 7) is 3.13. The molecule has 0 fully saturated rings. The number of halogens is 1. The van der Waals surface area contributed by atoms with Gasteiger partial charge in [0.25, 0.3) is 0 Å². The molecule has 1 heterocycles. The van der Waals surface area contributed by atoms with Gasteiger partial charge >= 0.3 is 0 Å². The van der Waals surface area contributed by atoms with Crippen LogP contribution in [-0.2, 0) is 6.54 Å². The second-order valence-electron chi connectivity index (χ2n) is 4.29. The number of unbranched alkanes of at least 4 members (excludes halogenated alkanes) is 3. The lowest BCUT2D eigenvalue weighted by atomic mass is 10.2. The van der Waals surface area contributed by atoms with Gasteiger partial charge in [0.1, 0.15) is 5.52 Å². The van der Waals surface area contributed by atoms with Gasteiger partial charge in [-0.2, -0.15) is 0 Å². The van der Waals surface area contributed by atoms with E-state index in [4.69, 9.17) is 17.3 Å². The predicted molar refractivity (Wildman–Crippen MR) is 73.3 cm³/mol. The molecule has 2 aromatic rings. The number of rotatable bonds is 5. The highest BCUT2D eigenvalue weighted by atomic mass is 35.5. The van der Waals surface area contributed by atoms with Crippen molar-refractivity contribution in [1.82, 2.24) is 9.55 Å². The maximum absolute atomic E-state index is 6.09. The Bertz CT molecular complexity index is 505. The summed E-state index contributed by atoms with van der Waals surface area (Å²) in [5.74, 6) is 0.560. The summed E-state index contributed by atoms with van der Waals surface area (Å²) in [5.41, 5.74) is 7.77. The van der Waals surface area contributed by atoms with Gasteiger partial charge in [-0.1, -0.05) is 43.9 Å². The van der Waals surface area contributed by atoms with Crippen molar-refractivity contribution in [2.45, 2.75) is 39.2 Å². The van der Waals surface area contributed by atoms with E-state index in [1.165, 1.54) is 19.3 Å². The summed E-state index contributed by atoms with van der Waals surface area (Å²) in [6.07, 6.45) is 4.88. The first-order chi connectivity index (χ1) is 8.24. The molecule has 0 aliphatic rings. The van der Waals surface area contributed by atoms with Crippen LogP contribution in [0.5, 0.6) is 0 Å². The van der Waals surface area contributed by atoms with Crippen molar-refractivity contribution in [2.75, 3.05) is 5.73 Å². The molecular formula is C13H18ClN3. The molecule has 0 aliphatic heterocycles. The van der Waals surface area contributed by atoms with Gasteiger partial charge in [-0.25, -0.2) is 4.98 Å². The summed E-state index contributed by atoms with van der Waals surface area (Å²) >= 11 is 6.09. The van der Waals surface area contributed by atoms with Gasteiger partial charge in [0.05, 0.1) is 10.5 Å². The van der Waals surface area contributed by atoms with Crippen LogP contribution in [0.15, 0.2) is 18.2 Å². The van der Waals surface area contributed by atoms with Crippen molar-refractivity contribution in [2.24, 2.45) is 0 Å². The van der Waals surface area contributed by atoms with Crippen molar-refractivity contribution in [1.29, 1.82) is 0 Å². The Labute approximate surface area is 107 Å². The summed E-state index contributed by atoms with van der Waals surface area (Å²) in [5, 5.41) is 0.668. The van der Waals surface area contributed by atoms with Crippen LogP contribution in [0, 0.1) is 0 Å². The standard InChI is InChI=1S/C13H18ClN3/c1-2-3-4-5-9-17-11-8-6-7-10(14)12(11)16-13(17)15/h6-8H,2-5,9H2,1H3,(H2,15,16). The van der Waals surface area contributed by atoms with E-state index in [1.807, 2.05) is 18.2 Å². The zero-order chi connectivity index (χ0) is 12.3. The second kappa shape index (κ2) is 5.41. The van der Waals surface area contributed by atoms with Gasteiger partial charge in [-0.15, -0.1) is 0 Å². The van der Waals surface area contributed by atoms with Crippen LogP contribution in [0.4, 0.5) is 5.95 Å². The summed E-state index contributed by atoms with van der Waals surface area (Å²) in [4.78, 5) is 4.32. The molecule has 17 heavy (non-hydrogen) atoms. The molecule has 4 heteroatoms. The van der Waals surface area contributed by atoms with Crippen LogP contribution in [0.3, 0.4) is 0 Å². The maximum Gasteiger partial charge on any atom is 0.201 e. The largest absolute Gasteiger partial charge is 0.369 e. The SMILES string of the molecule is CCCCCCn1c(N)nc2c(Cl)cccc21. The molecule has 0 unspecified atom stereocenters. The zero-order valence-electron chi connectivity index (χ0n) is 10.1. The van der Waals surface area contributed by atoms with E-state index < -0.39 is 0 Å². The lowest BCUT2D eigenvalue weighted by Crippen LogP contribution is -2.03. The molecule has 0 aliphatic carbocycles. The quantitative estimate of drug-likeness (QED) is 0.821. The van der Waals surface area contributed by atoms with E-state index in [1.54, 1.807) is 0 Å². The van der Waals surface area contributed by atoms with E-state index >= 15 is 0 Å². The Hall–Kier alpha value is -1.22. The van der Waals surface area contributed by atoms with Crippen LogP contribution < -0.4 is 5.73 Å². The average Bonchev–Trinajstić information content (AvgIpc) is 2.63. The van der Waals surface area contributed by atoms with Crippen LogP contribution in [0.2, 0.25) is 5.02 Å². The van der Waals surface area contributed by atoms with Crippen molar-refractivity contribution < 1.29 is 0 Å². The molecule has 0 atom stereocenters. The van der Waals surface area contributed by atoms with Gasteiger partial charge in [0.2, 0.25) is 5.95 Å². The molecule has 0 saturated heterocycles. The highest BCUT2D eigenvalue weighted by Gasteiger charge is 2.09. The number of aromatic nitrogens is 2. The fourth-order valence-electron chi connectivity index (χ4n) is 2.06. The smallest absolute Gasteiger partial charge is 0.201 e. The van der Waals surface area contributed by atoms with Crippen LogP contribution in [0.25, 0.3) is 11.0 Å². The Kier molecular flexibility index (Phi) is 3.89. The molecule has 0 saturated carbocycles. The monoisotopic (exact) mass is 251 g/mol. The number of para-hydroxylation sites is 1. The zero-order valence-corrected chi connectivity index (χ0v) is 10.9. The Balaban J connectivity index is 2.21. The van der Waals surface area contributed by atoms with E-state index in [2.05, 4.69) is 16.5 Å². The number of hydrogen-bond donors (Lipinski definition) is 1. The minimum absolute atomic E-state index is 0.560. The Morgan fingerprint density at radius 2 is 2.12 bits per heavy atom. The van der Waals surface area contributed by atoms with E-state index in [0.717, 1.165) is 24.0 Å². The summed E-state index contributed by atoms with van der Waals surface area (Å²) < 4.78 is 2.05. The number of imidazole rings is 1. The minimum Gasteiger partial charge on any atom is -0.369 e. The summed E-state index contributed by atoms with van der Waals surface area (Å²) in [7, 11) is 0. The molecule has 3 nitrogen and oxygen atoms in total. The number of nitrogen functional groups attached to an aromatic ring is 1. The molecule has 1 aromatic carbocycles. The van der Waals surface area contributed by atoms with Crippen LogP contribution in [0.1, 0.15) is 32.6 Å². The third kappa shape index (κ3) is 2.55. The van der Waals surface area contributed by atoms with Crippen LogP contribution in [-0.4, -0.2) is 9.55 Å². The summed E-state index contributed by atoms with van der Waals surface area (Å²) in [6, 6.07) is 5.80. The topological polar surface area (TPSA) is 43.8 Å². The molecule has 1 aromatic heterocycles. The first-order valence-corrected chi connectivity index (χ1v) is 6.52. The average molecular weight is 252 g/mol. The lowest BCUT2D eigenvalue weighted by Gasteiger charge is -2.05. The van der Waals surface area contributed by atoms with Crippen molar-refractivity contribution in [3.63, 3.8) is 0 Å². The van der Waals surface area contributed by atoms with Gasteiger partial charge in [0.15, 0.2) is 0 Å². The van der Waals surface area contributed by atoms with Crippen molar-refractivity contribution in [3.8, 4) is 0 Å². The van der Waals surface area contributed by atoms with Gasteiger partial charge in [0, 0.05) is 6.54 Å². The minimum atomic E-state index is 0.560. The normalized spacial score (nSPS) is 11.2. The highest BCUT2D eigenvalue weighted by molar-refractivity contribution is 6.35. The maximum atomic E-state index is 6.09. The molecule has 2 N–H and O–H groups in total. The van der Waals surface area contributed by atoms with Crippen molar-refractivity contribution >= 4 is 28.6 Å². The van der Waals surface area contributed by atoms with Gasteiger partial charge < -0.3 is 10.3 Å². The molecule has 0 radical (unpaired) electrons. The third-order valence-electron chi connectivity index (χ3n) is 2.99. The molecule has 0 spiro atoms. The Morgan fingerprint density at radius 3 is 2.88 bits per heavy atom. The number of nitrogens with zero attached hydrogens (tertiary/aromatic N) is 2. The number of hydrogen-bond acceptors (Lipinski definition) is 2. The molecule has 0 bridgehead atoms. The Morgan fingerprint density at radius 1 is 1.29 bits per heavy atom. The number of fused-ring (bicyclic) bond motifs is 1. The number of benzene rings is 1. The first-order valence-electron chi connectivity index (χ1n) is 6.14. The molecule has 2 rings (SSSR count). The van der Waals surface area contributed by atoms with E-state index in [-0.39, 0.29) is 0 Å². The predicted octanol–water partition coefficient (Wildman–Crippen LogP) is 3.85. The lowest BCUT2D eigenvalue weighted by molar-refractivity contribution is 0.595. The van der Waals surface area contributed by atoms with E-state index in [9.17, 15) is 0 Å². The first kappa shape index (κ1) is 12.2. The van der Waals surface area contributed by atoms with E-state index in [0.29, 0.717) is 11.0 Å². The number of anilines is 1. The van der Waals surface area contributed by atoms with Gasteiger partial charge in [-0.3, -0.25) is 0 Å². The molecule has 0 amide bonds. The highest BCUT2D eigenvalue weighted by Crippen LogP contribution is 2.25. The fourth-order valence-corrected chi connectivity index (χ4v) is 2.27. The number of aryl methyl sites for hydroxylation is 1. The van der Waals surface area contributed by atoms with Gasteiger partial charge in [-0.05, 0) is 18.6 Å². The number of nitrogens with two attached hydrogens (primary N) is 1.